The van der Waals surface area contributed by atoms with Gasteiger partial charge in [0.15, 0.2) is 0 Å². The Bertz CT molecular complexity index is 869. The van der Waals surface area contributed by atoms with E-state index in [0.717, 1.165) is 17.9 Å². The van der Waals surface area contributed by atoms with Gasteiger partial charge in [-0.1, -0.05) is 30.3 Å². The zero-order valence-corrected chi connectivity index (χ0v) is 13.2. The molecule has 0 aliphatic heterocycles. The Morgan fingerprint density at radius 3 is 2.75 bits per heavy atom. The number of hydrogen-bond acceptors (Lipinski definition) is 3. The van der Waals surface area contributed by atoms with E-state index >= 15 is 0 Å². The summed E-state index contributed by atoms with van der Waals surface area (Å²) in [6, 6.07) is 18.4. The van der Waals surface area contributed by atoms with Crippen molar-refractivity contribution in [3.8, 4) is 11.1 Å². The molecule has 4 rings (SSSR count). The van der Waals surface area contributed by atoms with Crippen LogP contribution in [0.2, 0.25) is 0 Å². The molecule has 120 valence electrons. The first-order chi connectivity index (χ1) is 11.8. The van der Waals surface area contributed by atoms with Crippen LogP contribution in [0.1, 0.15) is 16.9 Å². The smallest absolute Gasteiger partial charge is 0.239 e. The number of hydrogen-bond donors (Lipinski definition) is 2. The average molecular weight is 318 g/mol. The van der Waals surface area contributed by atoms with Gasteiger partial charge >= 0.3 is 0 Å². The van der Waals surface area contributed by atoms with Crippen LogP contribution in [0.3, 0.4) is 0 Å². The van der Waals surface area contributed by atoms with E-state index in [4.69, 9.17) is 4.42 Å². The number of carbonyl (C=O) groups is 1. The number of amides is 1. The predicted molar refractivity (Wildman–Crippen MR) is 93.7 cm³/mol. The highest BCUT2D eigenvalue weighted by Gasteiger charge is 2.17. The van der Waals surface area contributed by atoms with Gasteiger partial charge in [-0.25, -0.2) is 0 Å². The van der Waals surface area contributed by atoms with Gasteiger partial charge in [0, 0.05) is 5.69 Å². The minimum absolute atomic E-state index is 0.0600. The SMILES string of the molecule is O=C(CNc1ccc2c(c1)Cc1ccccc1-2)NCc1ccco1. The van der Waals surface area contributed by atoms with Crippen LogP contribution in [0.5, 0.6) is 0 Å². The largest absolute Gasteiger partial charge is 0.467 e. The van der Waals surface area contributed by atoms with Crippen LogP contribution in [0.25, 0.3) is 11.1 Å². The number of carbonyl (C=O) groups excluding carboxylic acids is 1. The van der Waals surface area contributed by atoms with E-state index in [1.165, 1.54) is 22.3 Å². The molecular weight excluding hydrogens is 300 g/mol. The molecule has 4 nitrogen and oxygen atoms in total. The van der Waals surface area contributed by atoms with Crippen LogP contribution in [0.4, 0.5) is 5.69 Å². The minimum atomic E-state index is -0.0600. The highest BCUT2D eigenvalue weighted by molar-refractivity contribution is 5.82. The Kier molecular flexibility index (Phi) is 3.79. The number of fused-ring (bicyclic) bond motifs is 3. The molecule has 0 bridgehead atoms. The second-order valence-electron chi connectivity index (χ2n) is 5.92. The van der Waals surface area contributed by atoms with Gasteiger partial charge in [0.1, 0.15) is 5.76 Å². The number of nitrogens with one attached hydrogen (secondary N) is 2. The van der Waals surface area contributed by atoms with Gasteiger partial charge < -0.3 is 15.1 Å². The lowest BCUT2D eigenvalue weighted by Gasteiger charge is -2.09. The lowest BCUT2D eigenvalue weighted by atomic mass is 10.1. The molecule has 0 unspecified atom stereocenters. The third-order valence-electron chi connectivity index (χ3n) is 4.29. The molecule has 1 heterocycles. The molecule has 3 aromatic rings. The highest BCUT2D eigenvalue weighted by atomic mass is 16.3. The quantitative estimate of drug-likeness (QED) is 0.591. The first kappa shape index (κ1) is 14.6. The Balaban J connectivity index is 1.36. The van der Waals surface area contributed by atoms with E-state index < -0.39 is 0 Å². The van der Waals surface area contributed by atoms with Crippen molar-refractivity contribution in [2.24, 2.45) is 0 Å². The summed E-state index contributed by atoms with van der Waals surface area (Å²) in [7, 11) is 0. The molecule has 24 heavy (non-hydrogen) atoms. The van der Waals surface area contributed by atoms with Gasteiger partial charge in [-0.05, 0) is 52.9 Å². The predicted octanol–water partition coefficient (Wildman–Crippen LogP) is 3.58. The maximum atomic E-state index is 11.9. The molecule has 0 fully saturated rings. The lowest BCUT2D eigenvalue weighted by molar-refractivity contribution is -0.119. The normalized spacial score (nSPS) is 11.7. The second-order valence-corrected chi connectivity index (χ2v) is 5.92. The fraction of sp³-hybridized carbons (Fsp3) is 0.150. The molecule has 0 saturated heterocycles. The van der Waals surface area contributed by atoms with Gasteiger partial charge in [-0.3, -0.25) is 4.79 Å². The molecule has 1 aliphatic carbocycles. The van der Waals surface area contributed by atoms with Crippen LogP contribution in [-0.2, 0) is 17.8 Å². The van der Waals surface area contributed by atoms with E-state index in [1.807, 2.05) is 18.2 Å². The molecule has 0 spiro atoms. The Morgan fingerprint density at radius 1 is 1.00 bits per heavy atom. The van der Waals surface area contributed by atoms with Gasteiger partial charge in [-0.15, -0.1) is 0 Å². The summed E-state index contributed by atoms with van der Waals surface area (Å²) >= 11 is 0. The summed E-state index contributed by atoms with van der Waals surface area (Å²) < 4.78 is 5.19. The van der Waals surface area contributed by atoms with Crippen LogP contribution in [-0.4, -0.2) is 12.5 Å². The maximum absolute atomic E-state index is 11.9. The van der Waals surface area contributed by atoms with Crippen molar-refractivity contribution in [2.75, 3.05) is 11.9 Å². The molecule has 1 aliphatic rings. The van der Waals surface area contributed by atoms with Crippen molar-refractivity contribution in [1.29, 1.82) is 0 Å². The Morgan fingerprint density at radius 2 is 1.88 bits per heavy atom. The Labute approximate surface area is 140 Å². The minimum Gasteiger partial charge on any atom is -0.467 e. The monoisotopic (exact) mass is 318 g/mol. The highest BCUT2D eigenvalue weighted by Crippen LogP contribution is 2.37. The summed E-state index contributed by atoms with van der Waals surface area (Å²) in [5.74, 6) is 0.689. The second kappa shape index (κ2) is 6.24. The number of furan rings is 1. The topological polar surface area (TPSA) is 54.3 Å². The van der Waals surface area contributed by atoms with Crippen LogP contribution < -0.4 is 10.6 Å². The third kappa shape index (κ3) is 2.91. The van der Waals surface area contributed by atoms with Crippen LogP contribution in [0.15, 0.2) is 65.3 Å². The summed E-state index contributed by atoms with van der Waals surface area (Å²) in [5.41, 5.74) is 6.24. The van der Waals surface area contributed by atoms with E-state index in [9.17, 15) is 4.79 Å². The first-order valence-corrected chi connectivity index (χ1v) is 8.04. The van der Waals surface area contributed by atoms with Crippen molar-refractivity contribution in [2.45, 2.75) is 13.0 Å². The summed E-state index contributed by atoms with van der Waals surface area (Å²) in [6.07, 6.45) is 2.55. The molecule has 2 aromatic carbocycles. The molecule has 2 N–H and O–H groups in total. The van der Waals surface area contributed by atoms with E-state index in [1.54, 1.807) is 6.26 Å². The van der Waals surface area contributed by atoms with E-state index in [-0.39, 0.29) is 12.5 Å². The summed E-state index contributed by atoms with van der Waals surface area (Å²) in [6.45, 7) is 0.652. The third-order valence-corrected chi connectivity index (χ3v) is 4.29. The molecule has 1 amide bonds. The fourth-order valence-electron chi connectivity index (χ4n) is 3.10. The van der Waals surface area contributed by atoms with Crippen LogP contribution in [0, 0.1) is 0 Å². The van der Waals surface area contributed by atoms with E-state index in [0.29, 0.717) is 6.54 Å². The molecule has 1 aromatic heterocycles. The fourth-order valence-corrected chi connectivity index (χ4v) is 3.10. The molecule has 0 radical (unpaired) electrons. The summed E-state index contributed by atoms with van der Waals surface area (Å²) in [4.78, 5) is 11.9. The van der Waals surface area contributed by atoms with Crippen molar-refractivity contribution < 1.29 is 9.21 Å². The Hall–Kier alpha value is -3.01. The van der Waals surface area contributed by atoms with Crippen molar-refractivity contribution in [3.05, 3.63) is 77.7 Å². The van der Waals surface area contributed by atoms with Crippen molar-refractivity contribution >= 4 is 11.6 Å². The lowest BCUT2D eigenvalue weighted by Crippen LogP contribution is -2.29. The molecule has 4 heteroatoms. The van der Waals surface area contributed by atoms with E-state index in [2.05, 4.69) is 47.0 Å². The zero-order chi connectivity index (χ0) is 16.4. The first-order valence-electron chi connectivity index (χ1n) is 8.04. The molecule has 0 atom stereocenters. The summed E-state index contributed by atoms with van der Waals surface area (Å²) in [5, 5.41) is 6.01. The van der Waals surface area contributed by atoms with Gasteiger partial charge in [-0.2, -0.15) is 0 Å². The van der Waals surface area contributed by atoms with Gasteiger partial charge in [0.2, 0.25) is 5.91 Å². The number of rotatable bonds is 5. The van der Waals surface area contributed by atoms with Gasteiger partial charge in [0.05, 0.1) is 19.4 Å². The van der Waals surface area contributed by atoms with Crippen LogP contribution >= 0.6 is 0 Å². The number of anilines is 1. The van der Waals surface area contributed by atoms with Crippen molar-refractivity contribution in [3.63, 3.8) is 0 Å². The number of benzene rings is 2. The maximum Gasteiger partial charge on any atom is 0.239 e. The van der Waals surface area contributed by atoms with Crippen molar-refractivity contribution in [1.82, 2.24) is 5.32 Å². The average Bonchev–Trinajstić information content (AvgIpc) is 3.25. The molecule has 0 saturated carbocycles. The zero-order valence-electron chi connectivity index (χ0n) is 13.2. The van der Waals surface area contributed by atoms with Gasteiger partial charge in [0.25, 0.3) is 0 Å². The standard InChI is InChI=1S/C20H18N2O2/c23-20(22-12-17-5-3-9-24-17)13-21-16-7-8-19-15(11-16)10-14-4-1-2-6-18(14)19/h1-9,11,21H,10,12-13H2,(H,22,23). The molecular formula is C20H18N2O2.